The average molecular weight is 504 g/mol. The van der Waals surface area contributed by atoms with Gasteiger partial charge >= 0.3 is 5.97 Å². The Morgan fingerprint density at radius 1 is 0.917 bits per heavy atom. The van der Waals surface area contributed by atoms with Crippen molar-refractivity contribution < 1.29 is 9.90 Å². The molecule has 4 saturated carbocycles. The minimum Gasteiger partial charge on any atom is -0.481 e. The van der Waals surface area contributed by atoms with E-state index in [0.717, 1.165) is 74.8 Å². The van der Waals surface area contributed by atoms with Gasteiger partial charge in [-0.2, -0.15) is 0 Å². The summed E-state index contributed by atoms with van der Waals surface area (Å²) in [6.07, 6.45) is 15.0. The average Bonchev–Trinajstić information content (AvgIpc) is 3.21. The zero-order valence-electron chi connectivity index (χ0n) is 23.9. The highest BCUT2D eigenvalue weighted by Crippen LogP contribution is 2.68. The number of rotatable bonds is 13. The van der Waals surface area contributed by atoms with Crippen LogP contribution in [0, 0.1) is 46.3 Å². The molecule has 0 radical (unpaired) electrons. The van der Waals surface area contributed by atoms with E-state index in [4.69, 9.17) is 0 Å². The second kappa shape index (κ2) is 12.5. The molecule has 208 valence electrons. The molecule has 0 bridgehead atoms. The second-order valence-electron chi connectivity index (χ2n) is 13.7. The van der Waals surface area contributed by atoms with Gasteiger partial charge in [-0.3, -0.25) is 4.79 Å². The maximum absolute atomic E-state index is 11.2. The van der Waals surface area contributed by atoms with Crippen molar-refractivity contribution in [1.29, 1.82) is 0 Å². The summed E-state index contributed by atoms with van der Waals surface area (Å²) in [4.78, 5) is 11.2. The highest BCUT2D eigenvalue weighted by atomic mass is 16.4. The Labute approximate surface area is 221 Å². The van der Waals surface area contributed by atoms with Crippen molar-refractivity contribution in [1.82, 2.24) is 16.0 Å². The van der Waals surface area contributed by atoms with E-state index >= 15 is 0 Å². The first-order valence-corrected chi connectivity index (χ1v) is 15.7. The molecule has 5 heteroatoms. The molecule has 0 saturated heterocycles. The normalized spacial score (nSPS) is 40.8. The van der Waals surface area contributed by atoms with Crippen molar-refractivity contribution in [2.75, 3.05) is 32.7 Å². The third-order valence-corrected chi connectivity index (χ3v) is 11.9. The Balaban J connectivity index is 1.27. The summed E-state index contributed by atoms with van der Waals surface area (Å²) in [7, 11) is 0. The van der Waals surface area contributed by atoms with E-state index in [1.807, 2.05) is 0 Å². The van der Waals surface area contributed by atoms with E-state index in [9.17, 15) is 9.90 Å². The predicted molar refractivity (Wildman–Crippen MR) is 149 cm³/mol. The first kappa shape index (κ1) is 28.4. The van der Waals surface area contributed by atoms with Crippen LogP contribution in [0.2, 0.25) is 0 Å². The van der Waals surface area contributed by atoms with Gasteiger partial charge in [-0.05, 0) is 137 Å². The van der Waals surface area contributed by atoms with Crippen LogP contribution in [0.15, 0.2) is 0 Å². The predicted octanol–water partition coefficient (Wildman–Crippen LogP) is 5.69. The number of carboxylic acid groups (broad SMARTS) is 1. The maximum atomic E-state index is 11.2. The zero-order valence-corrected chi connectivity index (χ0v) is 23.9. The van der Waals surface area contributed by atoms with E-state index < -0.39 is 5.97 Å². The minimum atomic E-state index is -0.627. The summed E-state index contributed by atoms with van der Waals surface area (Å²) in [6, 6.07) is 0.723. The van der Waals surface area contributed by atoms with Crippen LogP contribution < -0.4 is 16.0 Å². The molecule has 0 aromatic rings. The molecule has 5 nitrogen and oxygen atoms in total. The SMILES string of the molecule is CCNCCNCCCN[C@H]1CC[C@]2(C)C3CC[C@@]4(C)C(CC[C@@H]4[C@H](C)CCC(=O)O)C3CC[C@H]2C1. The summed E-state index contributed by atoms with van der Waals surface area (Å²) in [5, 5.41) is 20.1. The molecule has 0 amide bonds. The second-order valence-corrected chi connectivity index (χ2v) is 13.7. The van der Waals surface area contributed by atoms with Crippen molar-refractivity contribution in [2.45, 2.75) is 111 Å². The molecule has 9 atom stereocenters. The standard InChI is InChI=1S/C31H57N3O2/c1-5-32-19-20-33-17-6-18-34-24-13-15-30(3)23(21-24)8-9-25-27-11-10-26(22(2)7-12-29(35)36)31(27,4)16-14-28(25)30/h22-28,32-34H,5-21H2,1-4H3,(H,35,36)/t22-,23+,24+,25?,26-,27?,28?,30+,31-/m1/s1. The largest absolute Gasteiger partial charge is 0.481 e. The number of likely N-dealkylation sites (N-methyl/N-ethyl adjacent to an activating group) is 1. The van der Waals surface area contributed by atoms with Crippen LogP contribution in [-0.2, 0) is 4.79 Å². The van der Waals surface area contributed by atoms with Gasteiger partial charge in [0.25, 0.3) is 0 Å². The number of carbonyl (C=O) groups is 1. The molecule has 4 aliphatic carbocycles. The summed E-state index contributed by atoms with van der Waals surface area (Å²) in [5.74, 6) is 4.26. The molecule has 36 heavy (non-hydrogen) atoms. The Bertz CT molecular complexity index is 716. The lowest BCUT2D eigenvalue weighted by Crippen LogP contribution is -2.55. The Hall–Kier alpha value is -0.650. The van der Waals surface area contributed by atoms with E-state index in [0.29, 0.717) is 23.2 Å². The topological polar surface area (TPSA) is 73.4 Å². The fourth-order valence-corrected chi connectivity index (χ4v) is 9.97. The van der Waals surface area contributed by atoms with Crippen LogP contribution in [0.1, 0.15) is 105 Å². The number of hydrogen-bond donors (Lipinski definition) is 4. The van der Waals surface area contributed by atoms with Gasteiger partial charge in [0.1, 0.15) is 0 Å². The van der Waals surface area contributed by atoms with Gasteiger partial charge in [0.15, 0.2) is 0 Å². The van der Waals surface area contributed by atoms with Gasteiger partial charge in [0.2, 0.25) is 0 Å². The lowest BCUT2D eigenvalue weighted by molar-refractivity contribution is -0.137. The molecule has 0 heterocycles. The van der Waals surface area contributed by atoms with E-state index in [1.54, 1.807) is 0 Å². The van der Waals surface area contributed by atoms with Crippen LogP contribution >= 0.6 is 0 Å². The van der Waals surface area contributed by atoms with Gasteiger partial charge in [-0.15, -0.1) is 0 Å². The lowest BCUT2D eigenvalue weighted by Gasteiger charge is -2.61. The third-order valence-electron chi connectivity index (χ3n) is 11.9. The van der Waals surface area contributed by atoms with Crippen LogP contribution in [0.25, 0.3) is 0 Å². The van der Waals surface area contributed by atoms with E-state index in [1.165, 1.54) is 64.2 Å². The fourth-order valence-electron chi connectivity index (χ4n) is 9.97. The number of hydrogen-bond acceptors (Lipinski definition) is 4. The van der Waals surface area contributed by atoms with Crippen LogP contribution in [0.3, 0.4) is 0 Å². The molecule has 0 aliphatic heterocycles. The number of nitrogens with one attached hydrogen (secondary N) is 3. The summed E-state index contributed by atoms with van der Waals surface area (Å²) >= 11 is 0. The molecule has 4 N–H and O–H groups in total. The summed E-state index contributed by atoms with van der Waals surface area (Å²) in [6.45, 7) is 15.3. The first-order chi connectivity index (χ1) is 17.3. The van der Waals surface area contributed by atoms with Crippen molar-refractivity contribution in [3.8, 4) is 0 Å². The molecule has 4 aliphatic rings. The monoisotopic (exact) mass is 503 g/mol. The summed E-state index contributed by atoms with van der Waals surface area (Å²) < 4.78 is 0. The van der Waals surface area contributed by atoms with E-state index in [2.05, 4.69) is 43.6 Å². The quantitative estimate of drug-likeness (QED) is 0.243. The molecule has 3 unspecified atom stereocenters. The smallest absolute Gasteiger partial charge is 0.303 e. The minimum absolute atomic E-state index is 0.340. The van der Waals surface area contributed by atoms with Gasteiger partial charge in [-0.1, -0.05) is 27.7 Å². The third kappa shape index (κ3) is 5.99. The number of aliphatic carboxylic acids is 1. The molecular weight excluding hydrogens is 446 g/mol. The van der Waals surface area contributed by atoms with Crippen molar-refractivity contribution in [2.24, 2.45) is 46.3 Å². The zero-order chi connectivity index (χ0) is 25.8. The van der Waals surface area contributed by atoms with Crippen molar-refractivity contribution in [3.63, 3.8) is 0 Å². The molecule has 0 spiro atoms. The van der Waals surface area contributed by atoms with Gasteiger partial charge in [0.05, 0.1) is 0 Å². The van der Waals surface area contributed by atoms with Crippen LogP contribution in [0.5, 0.6) is 0 Å². The highest BCUT2D eigenvalue weighted by molar-refractivity contribution is 5.66. The molecule has 0 aromatic heterocycles. The number of fused-ring (bicyclic) bond motifs is 5. The van der Waals surface area contributed by atoms with Crippen molar-refractivity contribution in [3.05, 3.63) is 0 Å². The Morgan fingerprint density at radius 3 is 2.44 bits per heavy atom. The Kier molecular flexibility index (Phi) is 9.82. The van der Waals surface area contributed by atoms with Crippen LogP contribution in [0.4, 0.5) is 0 Å². The van der Waals surface area contributed by atoms with Crippen molar-refractivity contribution >= 4 is 5.97 Å². The maximum Gasteiger partial charge on any atom is 0.303 e. The molecule has 4 rings (SSSR count). The number of carboxylic acids is 1. The summed E-state index contributed by atoms with van der Waals surface area (Å²) in [5.41, 5.74) is 0.991. The fraction of sp³-hybridized carbons (Fsp3) is 0.968. The molecular formula is C31H57N3O2. The van der Waals surface area contributed by atoms with Gasteiger partial charge < -0.3 is 21.1 Å². The lowest BCUT2D eigenvalue weighted by atomic mass is 9.44. The first-order valence-electron chi connectivity index (χ1n) is 15.7. The Morgan fingerprint density at radius 2 is 1.67 bits per heavy atom. The highest BCUT2D eigenvalue weighted by Gasteiger charge is 2.60. The van der Waals surface area contributed by atoms with Gasteiger partial charge in [-0.25, -0.2) is 0 Å². The molecule has 4 fully saturated rings. The van der Waals surface area contributed by atoms with Crippen LogP contribution in [-0.4, -0.2) is 49.8 Å². The van der Waals surface area contributed by atoms with Gasteiger partial charge in [0, 0.05) is 25.6 Å². The van der Waals surface area contributed by atoms with E-state index in [-0.39, 0.29) is 0 Å². The molecule has 0 aromatic carbocycles.